The Morgan fingerprint density at radius 1 is 0.911 bits per heavy atom. The molecule has 2 atom stereocenters. The van der Waals surface area contributed by atoms with E-state index in [4.69, 9.17) is 9.97 Å². The van der Waals surface area contributed by atoms with E-state index in [0.29, 0.717) is 28.2 Å². The van der Waals surface area contributed by atoms with E-state index >= 15 is 0 Å². The Balaban J connectivity index is 0.00000461. The second-order valence-corrected chi connectivity index (χ2v) is 11.5. The van der Waals surface area contributed by atoms with Crippen LogP contribution >= 0.6 is 0 Å². The molecule has 5 N–H and O–H groups in total. The van der Waals surface area contributed by atoms with Crippen molar-refractivity contribution in [3.63, 3.8) is 0 Å². The van der Waals surface area contributed by atoms with Gasteiger partial charge in [0.2, 0.25) is 0 Å². The van der Waals surface area contributed by atoms with Crippen molar-refractivity contribution in [2.75, 3.05) is 0 Å². The number of fused-ring (bicyclic) bond motifs is 8. The van der Waals surface area contributed by atoms with Crippen LogP contribution in [0.3, 0.4) is 0 Å². The van der Waals surface area contributed by atoms with Gasteiger partial charge in [-0.05, 0) is 74.1 Å². The van der Waals surface area contributed by atoms with Gasteiger partial charge >= 0.3 is 17.9 Å². The van der Waals surface area contributed by atoms with Gasteiger partial charge < -0.3 is 25.3 Å². The smallest absolute Gasteiger partial charge is 0.338 e. The van der Waals surface area contributed by atoms with Gasteiger partial charge in [-0.3, -0.25) is 14.6 Å². The average Bonchev–Trinajstić information content (AvgIpc) is 3.63. The molecule has 0 fully saturated rings. The van der Waals surface area contributed by atoms with E-state index in [9.17, 15) is 29.7 Å². The molecule has 0 saturated carbocycles. The van der Waals surface area contributed by atoms with E-state index in [1.807, 2.05) is 45.9 Å². The number of allylic oxidation sites excluding steroid dienone is 3. The minimum atomic E-state index is -1.20. The van der Waals surface area contributed by atoms with Crippen molar-refractivity contribution in [3.8, 4) is 0 Å². The van der Waals surface area contributed by atoms with Gasteiger partial charge in [0.25, 0.3) is 0 Å². The van der Waals surface area contributed by atoms with Gasteiger partial charge in [-0.15, -0.1) is 0 Å². The third-order valence-corrected chi connectivity index (χ3v) is 8.95. The number of aryl methyl sites for hydroxylation is 3. The molecule has 8 bridgehead atoms. The summed E-state index contributed by atoms with van der Waals surface area (Å²) < 4.78 is 0. The van der Waals surface area contributed by atoms with Crippen LogP contribution < -0.4 is 0 Å². The number of hydrogen-bond donors (Lipinski definition) is 5. The van der Waals surface area contributed by atoms with Gasteiger partial charge in [0.15, 0.2) is 0 Å². The van der Waals surface area contributed by atoms with Gasteiger partial charge in [0.1, 0.15) is 0 Å². The van der Waals surface area contributed by atoms with Gasteiger partial charge in [-0.25, -0.2) is 9.78 Å². The summed E-state index contributed by atoms with van der Waals surface area (Å²) in [5.74, 6) is -4.08. The van der Waals surface area contributed by atoms with Crippen LogP contribution in [0.1, 0.15) is 101 Å². The van der Waals surface area contributed by atoms with Crippen LogP contribution in [-0.2, 0) is 39.2 Å². The number of carboxylic acids is 3. The molecule has 0 aromatic carbocycles. The third kappa shape index (κ3) is 5.97. The molecule has 2 aliphatic rings. The van der Waals surface area contributed by atoms with E-state index in [2.05, 4.69) is 16.5 Å². The summed E-state index contributed by atoms with van der Waals surface area (Å²) in [5, 5.41) is 29.9. The van der Waals surface area contributed by atoms with Crippen molar-refractivity contribution >= 4 is 51.1 Å². The SMILES string of the molecule is C=CC1=C(C)c2cc3nc(c(CC(=O)O)c4[nH]c(cc5[nH]c(cc1n2)c(C)c5CC)c(C)c4C(=O)O)[C@@H](CCC(=O)O)[C@@H]3C.[Co]. The van der Waals surface area contributed by atoms with E-state index in [0.717, 1.165) is 45.4 Å². The Hall–Kier alpha value is -4.48. The van der Waals surface area contributed by atoms with Crippen LogP contribution in [0.5, 0.6) is 0 Å². The number of hydrogen-bond acceptors (Lipinski definition) is 5. The molecule has 11 heteroatoms. The van der Waals surface area contributed by atoms with Crippen molar-refractivity contribution in [3.05, 3.63) is 81.4 Å². The molecule has 0 amide bonds. The summed E-state index contributed by atoms with van der Waals surface area (Å²) in [6.07, 6.45) is 2.04. The Bertz CT molecular complexity index is 1950. The molecule has 5 heterocycles. The summed E-state index contributed by atoms with van der Waals surface area (Å²) >= 11 is 0. The molecule has 3 aromatic heterocycles. The maximum absolute atomic E-state index is 12.7. The Morgan fingerprint density at radius 3 is 2.20 bits per heavy atom. The average molecular weight is 656 g/mol. The minimum absolute atomic E-state index is 0. The number of nitrogens with zero attached hydrogens (tertiary/aromatic N) is 2. The molecule has 5 rings (SSSR count). The molecule has 3 aromatic rings. The fourth-order valence-electron chi connectivity index (χ4n) is 6.53. The zero-order chi connectivity index (χ0) is 32.0. The summed E-state index contributed by atoms with van der Waals surface area (Å²) in [6, 6.07) is 5.70. The molecular weight excluding hydrogens is 619 g/mol. The maximum Gasteiger partial charge on any atom is 0.338 e. The Kier molecular flexibility index (Phi) is 9.55. The molecule has 2 aliphatic heterocycles. The number of aromatic nitrogens is 4. The van der Waals surface area contributed by atoms with Gasteiger partial charge in [-0.1, -0.05) is 26.5 Å². The second kappa shape index (κ2) is 12.9. The fourth-order valence-corrected chi connectivity index (χ4v) is 6.53. The monoisotopic (exact) mass is 655 g/mol. The van der Waals surface area contributed by atoms with Crippen LogP contribution in [-0.4, -0.2) is 53.2 Å². The molecule has 0 spiro atoms. The number of carbonyl (C=O) groups is 3. The Morgan fingerprint density at radius 2 is 1.60 bits per heavy atom. The number of aromatic amines is 2. The maximum atomic E-state index is 12.7. The molecular formula is C34H36CoN4O6. The summed E-state index contributed by atoms with van der Waals surface area (Å²) in [4.78, 5) is 53.2. The first-order chi connectivity index (χ1) is 20.9. The molecule has 0 aliphatic carbocycles. The normalized spacial score (nSPS) is 15.9. The van der Waals surface area contributed by atoms with Crippen molar-refractivity contribution in [1.82, 2.24) is 19.9 Å². The largest absolute Gasteiger partial charge is 0.481 e. The predicted octanol–water partition coefficient (Wildman–Crippen LogP) is 6.69. The molecule has 10 nitrogen and oxygen atoms in total. The van der Waals surface area contributed by atoms with Crippen LogP contribution in [0.4, 0.5) is 0 Å². The first-order valence-electron chi connectivity index (χ1n) is 14.6. The number of rotatable bonds is 8. The van der Waals surface area contributed by atoms with Crippen LogP contribution in [0, 0.1) is 13.8 Å². The van der Waals surface area contributed by atoms with E-state index in [1.54, 1.807) is 13.0 Å². The minimum Gasteiger partial charge on any atom is -0.481 e. The van der Waals surface area contributed by atoms with E-state index in [1.165, 1.54) is 0 Å². The number of aliphatic carboxylic acids is 2. The molecule has 237 valence electrons. The van der Waals surface area contributed by atoms with E-state index in [-0.39, 0.29) is 52.2 Å². The zero-order valence-corrected chi connectivity index (χ0v) is 26.8. The van der Waals surface area contributed by atoms with Crippen molar-refractivity contribution in [2.45, 2.75) is 72.1 Å². The topological polar surface area (TPSA) is 169 Å². The first-order valence-corrected chi connectivity index (χ1v) is 14.6. The number of carboxylic acid groups (broad SMARTS) is 3. The van der Waals surface area contributed by atoms with Crippen molar-refractivity contribution in [1.29, 1.82) is 0 Å². The van der Waals surface area contributed by atoms with Gasteiger partial charge in [0.05, 0.1) is 34.6 Å². The molecule has 0 unspecified atom stereocenters. The molecule has 1 radical (unpaired) electrons. The standard InChI is InChI=1S/C34H36N4O6.Co/c1-7-19-15(3)23-12-25-17(5)21(9-10-29(39)40)32(37-25)22(11-30(41)42)33-31(34(43)44)18(6)26(38-33)14-28-20(8-2)16(4)24(36-28)13-27(19)35-23;/h7,12-14,17,21,36,38H,1,8-11H2,2-6H3,(H,39,40)(H,41,42)(H,43,44);/t17-,21-;/m0./s1. The van der Waals surface area contributed by atoms with Crippen LogP contribution in [0.2, 0.25) is 0 Å². The number of nitrogens with one attached hydrogen (secondary N) is 2. The zero-order valence-electron chi connectivity index (χ0n) is 25.8. The summed E-state index contributed by atoms with van der Waals surface area (Å²) in [5.41, 5.74) is 9.27. The first kappa shape index (κ1) is 33.4. The van der Waals surface area contributed by atoms with Crippen LogP contribution in [0.25, 0.3) is 33.2 Å². The van der Waals surface area contributed by atoms with Crippen molar-refractivity contribution < 1.29 is 46.5 Å². The number of H-pyrrole nitrogens is 2. The van der Waals surface area contributed by atoms with Gasteiger partial charge in [-0.2, -0.15) is 0 Å². The molecule has 0 saturated heterocycles. The molecule has 45 heavy (non-hydrogen) atoms. The second-order valence-electron chi connectivity index (χ2n) is 11.5. The fraction of sp³-hybridized carbons (Fsp3) is 0.324. The quantitative estimate of drug-likeness (QED) is 0.179. The summed E-state index contributed by atoms with van der Waals surface area (Å²) in [6.45, 7) is 13.7. The third-order valence-electron chi connectivity index (χ3n) is 8.95. The van der Waals surface area contributed by atoms with Crippen LogP contribution in [0.15, 0.2) is 30.9 Å². The van der Waals surface area contributed by atoms with Crippen molar-refractivity contribution in [2.24, 2.45) is 0 Å². The number of aromatic carboxylic acids is 1. The van der Waals surface area contributed by atoms with Gasteiger partial charge in [0, 0.05) is 68.4 Å². The predicted molar refractivity (Wildman–Crippen MR) is 169 cm³/mol. The van der Waals surface area contributed by atoms with E-state index < -0.39 is 30.2 Å². The Labute approximate surface area is 270 Å². The summed E-state index contributed by atoms with van der Waals surface area (Å²) in [7, 11) is 0.